The van der Waals surface area contributed by atoms with Crippen LogP contribution in [0.5, 0.6) is 0 Å². The van der Waals surface area contributed by atoms with Gasteiger partial charge in [0, 0.05) is 24.3 Å². The molecule has 116 valence electrons. The molecule has 1 heterocycles. The normalized spacial score (nSPS) is 18.2. The van der Waals surface area contributed by atoms with Crippen molar-refractivity contribution in [1.82, 2.24) is 10.2 Å². The van der Waals surface area contributed by atoms with E-state index in [0.717, 1.165) is 44.6 Å². The zero-order valence-electron chi connectivity index (χ0n) is 12.2. The summed E-state index contributed by atoms with van der Waals surface area (Å²) in [5, 5.41) is 5.90. The van der Waals surface area contributed by atoms with E-state index in [-0.39, 0.29) is 18.1 Å². The van der Waals surface area contributed by atoms with Crippen LogP contribution in [-0.2, 0) is 4.79 Å². The van der Waals surface area contributed by atoms with Gasteiger partial charge in [0.25, 0.3) is 0 Å². The third-order valence-electron chi connectivity index (χ3n) is 3.61. The summed E-state index contributed by atoms with van der Waals surface area (Å²) in [5.41, 5.74) is 0.278. The lowest BCUT2D eigenvalue weighted by Crippen LogP contribution is -2.42. The molecule has 0 saturated carbocycles. The Balaban J connectivity index is 1.93. The van der Waals surface area contributed by atoms with Crippen LogP contribution < -0.4 is 10.6 Å². The number of benzene rings is 1. The molecule has 0 aromatic heterocycles. The van der Waals surface area contributed by atoms with Gasteiger partial charge in [-0.3, -0.25) is 9.69 Å². The molecule has 6 heteroatoms. The van der Waals surface area contributed by atoms with E-state index in [4.69, 9.17) is 0 Å². The van der Waals surface area contributed by atoms with Gasteiger partial charge in [-0.1, -0.05) is 6.92 Å². The molecule has 4 nitrogen and oxygen atoms in total. The first kappa shape index (κ1) is 15.9. The molecule has 0 bridgehead atoms. The van der Waals surface area contributed by atoms with E-state index in [1.165, 1.54) is 6.07 Å². The van der Waals surface area contributed by atoms with Gasteiger partial charge < -0.3 is 10.6 Å². The highest BCUT2D eigenvalue weighted by Crippen LogP contribution is 2.14. The summed E-state index contributed by atoms with van der Waals surface area (Å²) in [6.07, 6.45) is 1.99. The van der Waals surface area contributed by atoms with Gasteiger partial charge in [-0.05, 0) is 38.1 Å². The zero-order valence-corrected chi connectivity index (χ0v) is 12.2. The summed E-state index contributed by atoms with van der Waals surface area (Å²) in [6.45, 7) is 5.04. The van der Waals surface area contributed by atoms with Crippen molar-refractivity contribution >= 4 is 11.6 Å². The Bertz CT molecular complexity index is 490. The van der Waals surface area contributed by atoms with Gasteiger partial charge in [0.05, 0.1) is 6.54 Å². The van der Waals surface area contributed by atoms with E-state index in [2.05, 4.69) is 22.5 Å². The van der Waals surface area contributed by atoms with E-state index in [9.17, 15) is 13.6 Å². The first-order chi connectivity index (χ1) is 10.1. The van der Waals surface area contributed by atoms with Gasteiger partial charge in [-0.25, -0.2) is 8.78 Å². The maximum absolute atomic E-state index is 13.1. The van der Waals surface area contributed by atoms with Crippen molar-refractivity contribution in [1.29, 1.82) is 0 Å². The summed E-state index contributed by atoms with van der Waals surface area (Å²) < 4.78 is 26.0. The minimum Gasteiger partial charge on any atom is -0.325 e. The molecular formula is C15H21F2N3O. The lowest BCUT2D eigenvalue weighted by molar-refractivity contribution is -0.117. The van der Waals surface area contributed by atoms with Crippen LogP contribution in [0.4, 0.5) is 14.5 Å². The number of nitrogens with one attached hydrogen (secondary N) is 2. The molecule has 1 aliphatic heterocycles. The van der Waals surface area contributed by atoms with Crippen molar-refractivity contribution in [2.24, 2.45) is 0 Å². The summed E-state index contributed by atoms with van der Waals surface area (Å²) in [6, 6.07) is 3.72. The topological polar surface area (TPSA) is 44.4 Å². The summed E-state index contributed by atoms with van der Waals surface area (Å²) in [7, 11) is 0. The Hall–Kier alpha value is -1.53. The highest BCUT2D eigenvalue weighted by molar-refractivity contribution is 5.92. The number of hydrogen-bond donors (Lipinski definition) is 2. The molecule has 0 aliphatic carbocycles. The van der Waals surface area contributed by atoms with Crippen LogP contribution in [0.25, 0.3) is 0 Å². The second-order valence-corrected chi connectivity index (χ2v) is 5.29. The third kappa shape index (κ3) is 4.47. The van der Waals surface area contributed by atoms with E-state index >= 15 is 0 Å². The number of rotatable bonds is 6. The SMILES string of the molecule is CCCN(CC(=O)Nc1ccc(F)c(F)c1)C1CCNC1. The van der Waals surface area contributed by atoms with Gasteiger partial charge in [0.15, 0.2) is 11.6 Å². The molecule has 2 N–H and O–H groups in total. The van der Waals surface area contributed by atoms with E-state index in [1.807, 2.05) is 0 Å². The maximum atomic E-state index is 13.1. The minimum absolute atomic E-state index is 0.207. The van der Waals surface area contributed by atoms with Crippen LogP contribution in [0.15, 0.2) is 18.2 Å². The Morgan fingerprint density at radius 2 is 2.24 bits per heavy atom. The van der Waals surface area contributed by atoms with Crippen molar-refractivity contribution in [3.8, 4) is 0 Å². The number of nitrogens with zero attached hydrogens (tertiary/aromatic N) is 1. The maximum Gasteiger partial charge on any atom is 0.238 e. The predicted octanol–water partition coefficient (Wildman–Crippen LogP) is 1.98. The average Bonchev–Trinajstić information content (AvgIpc) is 2.96. The van der Waals surface area contributed by atoms with Crippen LogP contribution in [0.1, 0.15) is 19.8 Å². The molecule has 1 saturated heterocycles. The Kier molecular flexibility index (Phi) is 5.64. The first-order valence-corrected chi connectivity index (χ1v) is 7.30. The fraction of sp³-hybridized carbons (Fsp3) is 0.533. The molecule has 1 atom stereocenters. The standard InChI is InChI=1S/C15H21F2N3O/c1-2-7-20(12-5-6-18-9-12)10-15(21)19-11-3-4-13(16)14(17)8-11/h3-4,8,12,18H,2,5-7,9-10H2,1H3,(H,19,21). The summed E-state index contributed by atoms with van der Waals surface area (Å²) in [4.78, 5) is 14.2. The molecule has 1 fully saturated rings. The zero-order chi connectivity index (χ0) is 15.2. The highest BCUT2D eigenvalue weighted by atomic mass is 19.2. The molecule has 1 amide bonds. The van der Waals surface area contributed by atoms with E-state index < -0.39 is 11.6 Å². The van der Waals surface area contributed by atoms with Crippen molar-refractivity contribution in [3.63, 3.8) is 0 Å². The van der Waals surface area contributed by atoms with Crippen molar-refractivity contribution < 1.29 is 13.6 Å². The molecule has 1 aromatic rings. The Morgan fingerprint density at radius 1 is 1.43 bits per heavy atom. The number of anilines is 1. The number of carbonyl (C=O) groups is 1. The largest absolute Gasteiger partial charge is 0.325 e. The van der Waals surface area contributed by atoms with Crippen molar-refractivity contribution in [3.05, 3.63) is 29.8 Å². The lowest BCUT2D eigenvalue weighted by atomic mass is 10.2. The minimum atomic E-state index is -0.960. The molecule has 2 rings (SSSR count). The highest BCUT2D eigenvalue weighted by Gasteiger charge is 2.23. The lowest BCUT2D eigenvalue weighted by Gasteiger charge is -2.27. The predicted molar refractivity (Wildman–Crippen MR) is 78.1 cm³/mol. The van der Waals surface area contributed by atoms with Crippen LogP contribution in [-0.4, -0.2) is 43.0 Å². The summed E-state index contributed by atoms with van der Waals surface area (Å²) >= 11 is 0. The molecule has 21 heavy (non-hydrogen) atoms. The van der Waals surface area contributed by atoms with Crippen LogP contribution >= 0.6 is 0 Å². The number of carbonyl (C=O) groups excluding carboxylic acids is 1. The molecule has 1 aromatic carbocycles. The van der Waals surface area contributed by atoms with Gasteiger partial charge in [0.1, 0.15) is 0 Å². The quantitative estimate of drug-likeness (QED) is 0.844. The van der Waals surface area contributed by atoms with Gasteiger partial charge in [-0.2, -0.15) is 0 Å². The molecule has 1 unspecified atom stereocenters. The van der Waals surface area contributed by atoms with Crippen molar-refractivity contribution in [2.75, 3.05) is 31.5 Å². The summed E-state index contributed by atoms with van der Waals surface area (Å²) in [5.74, 6) is -2.09. The molecule has 0 spiro atoms. The van der Waals surface area contributed by atoms with Gasteiger partial charge >= 0.3 is 0 Å². The third-order valence-corrected chi connectivity index (χ3v) is 3.61. The molecular weight excluding hydrogens is 276 g/mol. The second kappa shape index (κ2) is 7.47. The van der Waals surface area contributed by atoms with Crippen LogP contribution in [0, 0.1) is 11.6 Å². The van der Waals surface area contributed by atoms with Crippen LogP contribution in [0.3, 0.4) is 0 Å². The monoisotopic (exact) mass is 297 g/mol. The number of halogens is 2. The fourth-order valence-corrected chi connectivity index (χ4v) is 2.59. The van der Waals surface area contributed by atoms with Crippen LogP contribution in [0.2, 0.25) is 0 Å². The number of hydrogen-bond acceptors (Lipinski definition) is 3. The molecule has 1 aliphatic rings. The van der Waals surface area contributed by atoms with Gasteiger partial charge in [-0.15, -0.1) is 0 Å². The Labute approximate surface area is 123 Å². The van der Waals surface area contributed by atoms with Gasteiger partial charge in [0.2, 0.25) is 5.91 Å². The number of amides is 1. The van der Waals surface area contributed by atoms with E-state index in [0.29, 0.717) is 6.04 Å². The fourth-order valence-electron chi connectivity index (χ4n) is 2.59. The average molecular weight is 297 g/mol. The smallest absolute Gasteiger partial charge is 0.238 e. The van der Waals surface area contributed by atoms with Crippen molar-refractivity contribution in [2.45, 2.75) is 25.8 Å². The first-order valence-electron chi connectivity index (χ1n) is 7.30. The second-order valence-electron chi connectivity index (χ2n) is 5.29. The van der Waals surface area contributed by atoms with E-state index in [1.54, 1.807) is 0 Å². The Morgan fingerprint density at radius 3 is 2.86 bits per heavy atom. The molecule has 0 radical (unpaired) electrons.